The molecule has 0 aliphatic carbocycles. The maximum absolute atomic E-state index is 12.8. The van der Waals surface area contributed by atoms with Crippen LogP contribution in [0.4, 0.5) is 0 Å². The molecule has 3 rings (SSSR count). The number of benzene rings is 2. The molecule has 3 N–H and O–H groups in total. The molecule has 0 bridgehead atoms. The molecular formula is C23H27N5O3. The predicted molar refractivity (Wildman–Crippen MR) is 117 cm³/mol. The molecule has 0 saturated heterocycles. The SMILES string of the molecule is CCC(C)C(NC(=O)c1ccccc1)C(=O)NCc1nc(-c2ccc(OC)cc2)n[nH]1. The van der Waals surface area contributed by atoms with Gasteiger partial charge in [-0.3, -0.25) is 14.7 Å². The van der Waals surface area contributed by atoms with Crippen LogP contribution >= 0.6 is 0 Å². The average Bonchev–Trinajstić information content (AvgIpc) is 3.30. The van der Waals surface area contributed by atoms with E-state index in [9.17, 15) is 9.59 Å². The standard InChI is InChI=1S/C23H27N5O3/c1-4-15(2)20(26-22(29)17-8-6-5-7-9-17)23(30)24-14-19-25-21(28-27-19)16-10-12-18(31-3)13-11-16/h5-13,15,20H,4,14H2,1-3H3,(H,24,30)(H,26,29)(H,25,27,28). The Morgan fingerprint density at radius 2 is 1.81 bits per heavy atom. The molecular weight excluding hydrogens is 394 g/mol. The Hall–Kier alpha value is -3.68. The van der Waals surface area contributed by atoms with Gasteiger partial charge in [0.25, 0.3) is 5.91 Å². The van der Waals surface area contributed by atoms with Crippen molar-refractivity contribution in [2.75, 3.05) is 7.11 Å². The highest BCUT2D eigenvalue weighted by atomic mass is 16.5. The minimum Gasteiger partial charge on any atom is -0.497 e. The summed E-state index contributed by atoms with van der Waals surface area (Å²) in [7, 11) is 1.61. The van der Waals surface area contributed by atoms with Gasteiger partial charge in [0.05, 0.1) is 13.7 Å². The highest BCUT2D eigenvalue weighted by Gasteiger charge is 2.26. The van der Waals surface area contributed by atoms with Crippen LogP contribution in [0.15, 0.2) is 54.6 Å². The lowest BCUT2D eigenvalue weighted by molar-refractivity contribution is -0.124. The predicted octanol–water partition coefficient (Wildman–Crippen LogP) is 2.94. The van der Waals surface area contributed by atoms with E-state index in [1.54, 1.807) is 31.4 Å². The average molecular weight is 422 g/mol. The number of carbonyl (C=O) groups excluding carboxylic acids is 2. The molecule has 0 spiro atoms. The van der Waals surface area contributed by atoms with Crippen LogP contribution in [0.3, 0.4) is 0 Å². The third-order valence-corrected chi connectivity index (χ3v) is 5.13. The maximum Gasteiger partial charge on any atom is 0.251 e. The fourth-order valence-corrected chi connectivity index (χ4v) is 3.04. The van der Waals surface area contributed by atoms with Crippen molar-refractivity contribution in [1.82, 2.24) is 25.8 Å². The van der Waals surface area contributed by atoms with Gasteiger partial charge < -0.3 is 15.4 Å². The van der Waals surface area contributed by atoms with E-state index in [4.69, 9.17) is 4.74 Å². The Bertz CT molecular complexity index is 1000. The van der Waals surface area contributed by atoms with E-state index in [0.29, 0.717) is 17.2 Å². The first-order valence-electron chi connectivity index (χ1n) is 10.2. The topological polar surface area (TPSA) is 109 Å². The van der Waals surface area contributed by atoms with Crippen molar-refractivity contribution in [2.45, 2.75) is 32.9 Å². The van der Waals surface area contributed by atoms with Crippen molar-refractivity contribution < 1.29 is 14.3 Å². The van der Waals surface area contributed by atoms with Crippen LogP contribution in [0.25, 0.3) is 11.4 Å². The molecule has 1 aromatic heterocycles. The number of ether oxygens (including phenoxy) is 1. The van der Waals surface area contributed by atoms with Crippen LogP contribution in [-0.4, -0.2) is 40.1 Å². The number of amides is 2. The largest absolute Gasteiger partial charge is 0.497 e. The molecule has 0 aliphatic heterocycles. The molecule has 8 nitrogen and oxygen atoms in total. The van der Waals surface area contributed by atoms with Crippen LogP contribution in [0, 0.1) is 5.92 Å². The number of aromatic amines is 1. The number of methoxy groups -OCH3 is 1. The van der Waals surface area contributed by atoms with Crippen LogP contribution < -0.4 is 15.4 Å². The summed E-state index contributed by atoms with van der Waals surface area (Å²) in [6.45, 7) is 4.10. The van der Waals surface area contributed by atoms with Crippen molar-refractivity contribution in [3.05, 3.63) is 66.0 Å². The van der Waals surface area contributed by atoms with E-state index >= 15 is 0 Å². The first-order valence-corrected chi connectivity index (χ1v) is 10.2. The molecule has 0 aliphatic rings. The second-order valence-electron chi connectivity index (χ2n) is 7.25. The number of H-pyrrole nitrogens is 1. The van der Waals surface area contributed by atoms with E-state index < -0.39 is 6.04 Å². The van der Waals surface area contributed by atoms with Crippen LogP contribution in [-0.2, 0) is 11.3 Å². The highest BCUT2D eigenvalue weighted by Crippen LogP contribution is 2.19. The first-order chi connectivity index (χ1) is 15.0. The molecule has 0 radical (unpaired) electrons. The molecule has 0 saturated carbocycles. The molecule has 31 heavy (non-hydrogen) atoms. The molecule has 1 heterocycles. The number of carbonyl (C=O) groups is 2. The normalized spacial score (nSPS) is 12.6. The third-order valence-electron chi connectivity index (χ3n) is 5.13. The Balaban J connectivity index is 1.62. The number of nitrogens with one attached hydrogen (secondary N) is 3. The van der Waals surface area contributed by atoms with Crippen molar-refractivity contribution in [3.63, 3.8) is 0 Å². The Morgan fingerprint density at radius 1 is 1.10 bits per heavy atom. The zero-order chi connectivity index (χ0) is 22.2. The van der Waals surface area contributed by atoms with Gasteiger partial charge in [-0.25, -0.2) is 4.98 Å². The monoisotopic (exact) mass is 421 g/mol. The summed E-state index contributed by atoms with van der Waals surface area (Å²) in [5.74, 6) is 1.24. The van der Waals surface area contributed by atoms with E-state index in [0.717, 1.165) is 17.7 Å². The summed E-state index contributed by atoms with van der Waals surface area (Å²) in [6, 6.07) is 15.6. The van der Waals surface area contributed by atoms with E-state index in [1.807, 2.05) is 44.2 Å². The lowest BCUT2D eigenvalue weighted by atomic mass is 9.98. The number of hydrogen-bond donors (Lipinski definition) is 3. The Morgan fingerprint density at radius 3 is 2.45 bits per heavy atom. The summed E-state index contributed by atoms with van der Waals surface area (Å²) >= 11 is 0. The van der Waals surface area contributed by atoms with E-state index in [2.05, 4.69) is 25.8 Å². The lowest BCUT2D eigenvalue weighted by Gasteiger charge is -2.23. The minimum absolute atomic E-state index is 0.0303. The molecule has 0 fully saturated rings. The summed E-state index contributed by atoms with van der Waals surface area (Å²) in [4.78, 5) is 29.8. The zero-order valence-electron chi connectivity index (χ0n) is 17.9. The Labute approximate surface area is 181 Å². The summed E-state index contributed by atoms with van der Waals surface area (Å²) in [5, 5.41) is 12.7. The summed E-state index contributed by atoms with van der Waals surface area (Å²) < 4.78 is 5.16. The van der Waals surface area contributed by atoms with Gasteiger partial charge in [0.2, 0.25) is 5.91 Å². The van der Waals surface area contributed by atoms with Gasteiger partial charge in [0, 0.05) is 11.1 Å². The fraction of sp³-hybridized carbons (Fsp3) is 0.304. The van der Waals surface area contributed by atoms with Crippen LogP contribution in [0.5, 0.6) is 5.75 Å². The van der Waals surface area contributed by atoms with Crippen molar-refractivity contribution in [1.29, 1.82) is 0 Å². The van der Waals surface area contributed by atoms with Gasteiger partial charge in [-0.2, -0.15) is 5.10 Å². The fourth-order valence-electron chi connectivity index (χ4n) is 3.04. The highest BCUT2D eigenvalue weighted by molar-refractivity contribution is 5.97. The second-order valence-corrected chi connectivity index (χ2v) is 7.25. The third kappa shape index (κ3) is 5.69. The van der Waals surface area contributed by atoms with Gasteiger partial charge in [-0.15, -0.1) is 0 Å². The van der Waals surface area contributed by atoms with Gasteiger partial charge in [-0.05, 0) is 42.3 Å². The number of rotatable bonds is 9. The van der Waals surface area contributed by atoms with Gasteiger partial charge in [0.15, 0.2) is 5.82 Å². The number of aromatic nitrogens is 3. The van der Waals surface area contributed by atoms with Crippen molar-refractivity contribution in [2.24, 2.45) is 5.92 Å². The zero-order valence-corrected chi connectivity index (χ0v) is 17.9. The first kappa shape index (κ1) is 22.0. The molecule has 2 amide bonds. The molecule has 2 atom stereocenters. The lowest BCUT2D eigenvalue weighted by Crippen LogP contribution is -2.50. The molecule has 3 aromatic rings. The minimum atomic E-state index is -0.651. The number of hydrogen-bond acceptors (Lipinski definition) is 5. The molecule has 2 unspecified atom stereocenters. The van der Waals surface area contributed by atoms with Gasteiger partial charge >= 0.3 is 0 Å². The summed E-state index contributed by atoms with van der Waals surface area (Å²) in [5.41, 5.74) is 1.35. The van der Waals surface area contributed by atoms with E-state index in [-0.39, 0.29) is 24.3 Å². The molecule has 8 heteroatoms. The van der Waals surface area contributed by atoms with E-state index in [1.165, 1.54) is 0 Å². The van der Waals surface area contributed by atoms with Crippen LogP contribution in [0.2, 0.25) is 0 Å². The maximum atomic E-state index is 12.8. The van der Waals surface area contributed by atoms with Gasteiger partial charge in [0.1, 0.15) is 17.6 Å². The van der Waals surface area contributed by atoms with Crippen molar-refractivity contribution >= 4 is 11.8 Å². The molecule has 2 aromatic carbocycles. The Kier molecular flexibility index (Phi) is 7.37. The smallest absolute Gasteiger partial charge is 0.251 e. The summed E-state index contributed by atoms with van der Waals surface area (Å²) in [6.07, 6.45) is 0.747. The second kappa shape index (κ2) is 10.4. The quantitative estimate of drug-likeness (QED) is 0.492. The molecule has 162 valence electrons. The van der Waals surface area contributed by atoms with Crippen LogP contribution in [0.1, 0.15) is 36.5 Å². The van der Waals surface area contributed by atoms with Gasteiger partial charge in [-0.1, -0.05) is 38.5 Å². The number of nitrogens with zero attached hydrogens (tertiary/aromatic N) is 2. The van der Waals surface area contributed by atoms with Crippen molar-refractivity contribution in [3.8, 4) is 17.1 Å².